The molecule has 12 heteroatoms. The van der Waals surface area contributed by atoms with Crippen LogP contribution in [-0.2, 0) is 22.6 Å². The number of rotatable bonds is 7. The van der Waals surface area contributed by atoms with Crippen LogP contribution in [0.15, 0.2) is 30.3 Å². The van der Waals surface area contributed by atoms with Crippen LogP contribution in [0, 0.1) is 6.92 Å². The van der Waals surface area contributed by atoms with E-state index in [1.165, 1.54) is 17.8 Å². The molecule has 1 aliphatic rings. The Balaban J connectivity index is 1.43. The van der Waals surface area contributed by atoms with Crippen LogP contribution in [0.2, 0.25) is 0 Å². The van der Waals surface area contributed by atoms with E-state index >= 15 is 0 Å². The van der Waals surface area contributed by atoms with E-state index < -0.39 is 0 Å². The van der Waals surface area contributed by atoms with Gasteiger partial charge in [0.1, 0.15) is 23.0 Å². The van der Waals surface area contributed by atoms with E-state index in [2.05, 4.69) is 30.7 Å². The quantitative estimate of drug-likeness (QED) is 0.531. The molecule has 0 aliphatic carbocycles. The third-order valence-electron chi connectivity index (χ3n) is 5.29. The smallest absolute Gasteiger partial charge is 0.270 e. The van der Waals surface area contributed by atoms with Gasteiger partial charge in [0.05, 0.1) is 26.4 Å². The highest BCUT2D eigenvalue weighted by molar-refractivity contribution is 5.93. The number of carbonyl (C=O) groups excluding carboxylic acids is 2. The molecule has 0 saturated carbocycles. The molecule has 1 aliphatic heterocycles. The highest BCUT2D eigenvalue weighted by Gasteiger charge is 2.24. The summed E-state index contributed by atoms with van der Waals surface area (Å²) in [5.74, 6) is 1.06. The number of morpholine rings is 1. The molecule has 0 unspecified atom stereocenters. The van der Waals surface area contributed by atoms with Gasteiger partial charge >= 0.3 is 0 Å². The Morgan fingerprint density at radius 2 is 2.12 bits per heavy atom. The van der Waals surface area contributed by atoms with E-state index in [9.17, 15) is 9.59 Å². The van der Waals surface area contributed by atoms with E-state index in [1.54, 1.807) is 18.9 Å². The highest BCUT2D eigenvalue weighted by Crippen LogP contribution is 2.15. The summed E-state index contributed by atoms with van der Waals surface area (Å²) in [6.07, 6.45) is -0.232. The molecule has 0 bridgehead atoms. The van der Waals surface area contributed by atoms with Gasteiger partial charge in [0.25, 0.3) is 5.91 Å². The third-order valence-corrected chi connectivity index (χ3v) is 5.29. The fourth-order valence-corrected chi connectivity index (χ4v) is 3.57. The molecule has 4 rings (SSSR count). The maximum atomic E-state index is 12.7. The minimum absolute atomic E-state index is 0.00852. The number of hydrogen-bond donors (Lipinski definition) is 1. The van der Waals surface area contributed by atoms with E-state index in [4.69, 9.17) is 9.47 Å². The SMILES string of the molecule is COc1cccc(CNC(=O)c2cc(-c3nnn(C[C@@H]4CN(C(C)=O)CCO4)n3)nc(C)n2)c1. The third kappa shape index (κ3) is 5.70. The lowest BCUT2D eigenvalue weighted by Crippen LogP contribution is -2.46. The average molecular weight is 467 g/mol. The zero-order valence-corrected chi connectivity index (χ0v) is 19.3. The van der Waals surface area contributed by atoms with Crippen molar-refractivity contribution < 1.29 is 19.1 Å². The molecule has 3 aromatic rings. The van der Waals surface area contributed by atoms with Crippen molar-refractivity contribution in [2.75, 3.05) is 26.8 Å². The molecule has 1 fully saturated rings. The Morgan fingerprint density at radius 1 is 1.26 bits per heavy atom. The van der Waals surface area contributed by atoms with Crippen molar-refractivity contribution in [3.63, 3.8) is 0 Å². The molecule has 1 saturated heterocycles. The summed E-state index contributed by atoms with van der Waals surface area (Å²) in [6.45, 7) is 5.40. The van der Waals surface area contributed by atoms with E-state index in [-0.39, 0.29) is 29.4 Å². The number of aryl methyl sites for hydroxylation is 1. The number of hydrogen-bond acceptors (Lipinski definition) is 9. The van der Waals surface area contributed by atoms with Gasteiger partial charge < -0.3 is 19.7 Å². The topological polar surface area (TPSA) is 137 Å². The number of carbonyl (C=O) groups is 2. The fraction of sp³-hybridized carbons (Fsp3) is 0.409. The summed E-state index contributed by atoms with van der Waals surface area (Å²) in [6, 6.07) is 8.98. The lowest BCUT2D eigenvalue weighted by molar-refractivity contribution is -0.137. The number of methoxy groups -OCH3 is 1. The monoisotopic (exact) mass is 466 g/mol. The Labute approximate surface area is 196 Å². The average Bonchev–Trinajstić information content (AvgIpc) is 3.31. The second-order valence-corrected chi connectivity index (χ2v) is 7.85. The van der Waals surface area contributed by atoms with Gasteiger partial charge in [0.15, 0.2) is 0 Å². The maximum absolute atomic E-state index is 12.7. The minimum atomic E-state index is -0.345. The Kier molecular flexibility index (Phi) is 7.07. The van der Waals surface area contributed by atoms with E-state index in [0.717, 1.165) is 5.56 Å². The Hall–Kier alpha value is -3.93. The largest absolute Gasteiger partial charge is 0.497 e. The van der Waals surface area contributed by atoms with Crippen molar-refractivity contribution in [1.29, 1.82) is 0 Å². The predicted molar refractivity (Wildman–Crippen MR) is 120 cm³/mol. The van der Waals surface area contributed by atoms with Crippen LogP contribution in [-0.4, -0.2) is 79.8 Å². The van der Waals surface area contributed by atoms with E-state index in [1.807, 2.05) is 24.3 Å². The maximum Gasteiger partial charge on any atom is 0.270 e. The first-order valence-electron chi connectivity index (χ1n) is 10.8. The van der Waals surface area contributed by atoms with Gasteiger partial charge in [-0.2, -0.15) is 4.80 Å². The Bertz CT molecular complexity index is 1180. The van der Waals surface area contributed by atoms with Crippen molar-refractivity contribution >= 4 is 11.8 Å². The fourth-order valence-electron chi connectivity index (χ4n) is 3.57. The van der Waals surface area contributed by atoms with Gasteiger partial charge in [0.2, 0.25) is 11.7 Å². The molecule has 1 N–H and O–H groups in total. The highest BCUT2D eigenvalue weighted by atomic mass is 16.5. The zero-order chi connectivity index (χ0) is 24.1. The summed E-state index contributed by atoms with van der Waals surface area (Å²) < 4.78 is 10.9. The van der Waals surface area contributed by atoms with Gasteiger partial charge in [-0.15, -0.1) is 10.2 Å². The molecule has 0 spiro atoms. The molecule has 1 aromatic carbocycles. The Morgan fingerprint density at radius 3 is 2.91 bits per heavy atom. The lowest BCUT2D eigenvalue weighted by atomic mass is 10.2. The summed E-state index contributed by atoms with van der Waals surface area (Å²) in [4.78, 5) is 36.1. The second kappa shape index (κ2) is 10.3. The summed E-state index contributed by atoms with van der Waals surface area (Å²) in [5.41, 5.74) is 1.49. The number of nitrogens with zero attached hydrogens (tertiary/aromatic N) is 7. The molecule has 1 atom stereocenters. The number of tetrazole rings is 1. The minimum Gasteiger partial charge on any atom is -0.497 e. The van der Waals surface area contributed by atoms with Gasteiger partial charge in [-0.1, -0.05) is 12.1 Å². The molecule has 2 amide bonds. The first-order chi connectivity index (χ1) is 16.4. The summed E-state index contributed by atoms with van der Waals surface area (Å²) >= 11 is 0. The van der Waals surface area contributed by atoms with Crippen molar-refractivity contribution in [3.05, 3.63) is 47.4 Å². The number of aromatic nitrogens is 6. The molecule has 12 nitrogen and oxygen atoms in total. The second-order valence-electron chi connectivity index (χ2n) is 7.85. The lowest BCUT2D eigenvalue weighted by Gasteiger charge is -2.31. The van der Waals surface area contributed by atoms with Crippen LogP contribution in [0.5, 0.6) is 5.75 Å². The van der Waals surface area contributed by atoms with Crippen molar-refractivity contribution in [1.82, 2.24) is 40.4 Å². The van der Waals surface area contributed by atoms with Crippen LogP contribution >= 0.6 is 0 Å². The summed E-state index contributed by atoms with van der Waals surface area (Å²) in [5, 5.41) is 15.4. The molecular formula is C22H26N8O4. The number of amides is 2. The zero-order valence-electron chi connectivity index (χ0n) is 19.3. The van der Waals surface area contributed by atoms with Gasteiger partial charge in [-0.3, -0.25) is 9.59 Å². The van der Waals surface area contributed by atoms with Gasteiger partial charge in [-0.05, 0) is 35.9 Å². The normalized spacial score (nSPS) is 15.7. The number of ether oxygens (including phenoxy) is 2. The van der Waals surface area contributed by atoms with Crippen molar-refractivity contribution in [2.24, 2.45) is 0 Å². The van der Waals surface area contributed by atoms with Gasteiger partial charge in [0, 0.05) is 26.6 Å². The van der Waals surface area contributed by atoms with Crippen LogP contribution < -0.4 is 10.1 Å². The standard InChI is InChI=1S/C22H26N8O4/c1-14-24-19(10-20(25-14)22(32)23-11-16-5-4-6-17(9-16)33-3)21-26-28-30(27-21)13-18-12-29(15(2)31)7-8-34-18/h4-6,9-10,18H,7-8,11-13H2,1-3H3,(H,23,32)/t18-/m0/s1. The summed E-state index contributed by atoms with van der Waals surface area (Å²) in [7, 11) is 1.59. The van der Waals surface area contributed by atoms with Crippen LogP contribution in [0.1, 0.15) is 28.8 Å². The van der Waals surface area contributed by atoms with Gasteiger partial charge in [-0.25, -0.2) is 9.97 Å². The molecular weight excluding hydrogens is 440 g/mol. The molecule has 178 valence electrons. The number of benzene rings is 1. The molecule has 0 radical (unpaired) electrons. The molecule has 2 aromatic heterocycles. The first kappa shape index (κ1) is 23.2. The predicted octanol–water partition coefficient (Wildman–Crippen LogP) is 0.624. The molecule has 3 heterocycles. The number of nitrogens with one attached hydrogen (secondary N) is 1. The van der Waals surface area contributed by atoms with Crippen LogP contribution in [0.4, 0.5) is 0 Å². The first-order valence-corrected chi connectivity index (χ1v) is 10.8. The van der Waals surface area contributed by atoms with Crippen molar-refractivity contribution in [3.8, 4) is 17.3 Å². The molecule has 34 heavy (non-hydrogen) atoms. The van der Waals surface area contributed by atoms with Crippen LogP contribution in [0.25, 0.3) is 11.5 Å². The van der Waals surface area contributed by atoms with E-state index in [0.29, 0.717) is 50.1 Å². The van der Waals surface area contributed by atoms with Crippen molar-refractivity contribution in [2.45, 2.75) is 33.0 Å². The van der Waals surface area contributed by atoms with Crippen LogP contribution in [0.3, 0.4) is 0 Å².